The second kappa shape index (κ2) is 8.61. The van der Waals surface area contributed by atoms with Crippen LogP contribution in [0.4, 0.5) is 5.00 Å². The SMILES string of the molecule is CCc1c(C)sc(NC(=O)COCCc2ccccc2)c1C(=O)O. The summed E-state index contributed by atoms with van der Waals surface area (Å²) in [6.07, 6.45) is 1.35. The summed E-state index contributed by atoms with van der Waals surface area (Å²) in [5.41, 5.74) is 2.11. The van der Waals surface area contributed by atoms with E-state index in [2.05, 4.69) is 5.32 Å². The van der Waals surface area contributed by atoms with E-state index < -0.39 is 5.97 Å². The van der Waals surface area contributed by atoms with E-state index in [1.807, 2.05) is 44.2 Å². The Morgan fingerprint density at radius 1 is 1.25 bits per heavy atom. The standard InChI is InChI=1S/C18H21NO4S/c1-3-14-12(2)24-17(16(14)18(21)22)19-15(20)11-23-10-9-13-7-5-4-6-8-13/h4-8H,3,9-11H2,1-2H3,(H,19,20)(H,21,22). The van der Waals surface area contributed by atoms with Crippen molar-refractivity contribution in [1.29, 1.82) is 0 Å². The lowest BCUT2D eigenvalue weighted by atomic mass is 10.1. The average Bonchev–Trinajstić information content (AvgIpc) is 2.87. The summed E-state index contributed by atoms with van der Waals surface area (Å²) in [5.74, 6) is -1.36. The predicted molar refractivity (Wildman–Crippen MR) is 95.0 cm³/mol. The van der Waals surface area contributed by atoms with Crippen molar-refractivity contribution in [3.8, 4) is 0 Å². The molecule has 0 atom stereocenters. The number of amides is 1. The van der Waals surface area contributed by atoms with E-state index in [-0.39, 0.29) is 18.1 Å². The van der Waals surface area contributed by atoms with Crippen molar-refractivity contribution < 1.29 is 19.4 Å². The number of rotatable bonds is 8. The molecule has 1 aromatic heterocycles. The summed E-state index contributed by atoms with van der Waals surface area (Å²) in [7, 11) is 0. The molecule has 2 rings (SSSR count). The highest BCUT2D eigenvalue weighted by atomic mass is 32.1. The molecular formula is C18H21NO4S. The minimum absolute atomic E-state index is 0.0930. The lowest BCUT2D eigenvalue weighted by Gasteiger charge is -2.06. The molecule has 0 aliphatic carbocycles. The molecule has 1 heterocycles. The van der Waals surface area contributed by atoms with Gasteiger partial charge in [0.2, 0.25) is 0 Å². The van der Waals surface area contributed by atoms with Crippen molar-refractivity contribution in [1.82, 2.24) is 0 Å². The van der Waals surface area contributed by atoms with Gasteiger partial charge in [-0.3, -0.25) is 4.79 Å². The number of carbonyl (C=O) groups is 2. The van der Waals surface area contributed by atoms with E-state index in [9.17, 15) is 14.7 Å². The average molecular weight is 347 g/mol. The van der Waals surface area contributed by atoms with Crippen molar-refractivity contribution in [2.45, 2.75) is 26.7 Å². The molecule has 5 nitrogen and oxygen atoms in total. The molecule has 0 saturated carbocycles. The number of nitrogens with one attached hydrogen (secondary N) is 1. The quantitative estimate of drug-likeness (QED) is 0.717. The number of aryl methyl sites for hydroxylation is 1. The Labute approximate surface area is 145 Å². The number of carboxylic acid groups (broad SMARTS) is 1. The lowest BCUT2D eigenvalue weighted by molar-refractivity contribution is -0.120. The van der Waals surface area contributed by atoms with Gasteiger partial charge in [-0.15, -0.1) is 11.3 Å². The van der Waals surface area contributed by atoms with E-state index in [1.165, 1.54) is 11.3 Å². The van der Waals surface area contributed by atoms with Crippen molar-refractivity contribution in [2.75, 3.05) is 18.5 Å². The predicted octanol–water partition coefficient (Wildman–Crippen LogP) is 3.51. The van der Waals surface area contributed by atoms with Crippen LogP contribution in [0.15, 0.2) is 30.3 Å². The molecule has 1 amide bonds. The van der Waals surface area contributed by atoms with Crippen molar-refractivity contribution in [2.24, 2.45) is 0 Å². The van der Waals surface area contributed by atoms with Crippen LogP contribution < -0.4 is 5.32 Å². The number of ether oxygens (including phenoxy) is 1. The molecule has 0 aliphatic heterocycles. The number of thiophene rings is 1. The Morgan fingerprint density at radius 3 is 2.58 bits per heavy atom. The topological polar surface area (TPSA) is 75.6 Å². The first-order valence-corrected chi connectivity index (χ1v) is 8.61. The van der Waals surface area contributed by atoms with Gasteiger partial charge in [-0.25, -0.2) is 4.79 Å². The van der Waals surface area contributed by atoms with Crippen LogP contribution >= 0.6 is 11.3 Å². The minimum Gasteiger partial charge on any atom is -0.478 e. The van der Waals surface area contributed by atoms with Crippen LogP contribution in [-0.4, -0.2) is 30.2 Å². The van der Waals surface area contributed by atoms with Gasteiger partial charge < -0.3 is 15.2 Å². The van der Waals surface area contributed by atoms with Crippen molar-refractivity contribution in [3.05, 3.63) is 51.9 Å². The third kappa shape index (κ3) is 4.66. The molecule has 24 heavy (non-hydrogen) atoms. The first-order chi connectivity index (χ1) is 11.5. The maximum Gasteiger partial charge on any atom is 0.339 e. The monoisotopic (exact) mass is 347 g/mol. The largest absolute Gasteiger partial charge is 0.478 e. The molecule has 0 aliphatic rings. The molecule has 0 radical (unpaired) electrons. The summed E-state index contributed by atoms with van der Waals surface area (Å²) in [4.78, 5) is 24.3. The second-order valence-electron chi connectivity index (χ2n) is 5.34. The molecule has 6 heteroatoms. The van der Waals surface area contributed by atoms with E-state index in [1.54, 1.807) is 0 Å². The van der Waals surface area contributed by atoms with Crippen molar-refractivity contribution in [3.63, 3.8) is 0 Å². The Bertz CT molecular complexity index is 709. The Hall–Kier alpha value is -2.18. The fourth-order valence-corrected chi connectivity index (χ4v) is 3.63. The lowest BCUT2D eigenvalue weighted by Crippen LogP contribution is -2.20. The zero-order valence-electron chi connectivity index (χ0n) is 13.8. The first-order valence-electron chi connectivity index (χ1n) is 7.80. The third-order valence-electron chi connectivity index (χ3n) is 3.64. The Morgan fingerprint density at radius 2 is 1.96 bits per heavy atom. The molecule has 2 N–H and O–H groups in total. The fraction of sp³-hybridized carbons (Fsp3) is 0.333. The van der Waals surface area contributed by atoms with E-state index in [4.69, 9.17) is 4.74 Å². The van der Waals surface area contributed by atoms with E-state index >= 15 is 0 Å². The molecule has 0 unspecified atom stereocenters. The van der Waals surface area contributed by atoms with Gasteiger partial charge in [0.25, 0.3) is 5.91 Å². The van der Waals surface area contributed by atoms with Crippen molar-refractivity contribution >= 4 is 28.2 Å². The number of hydrogen-bond donors (Lipinski definition) is 2. The van der Waals surface area contributed by atoms with Gasteiger partial charge in [-0.1, -0.05) is 37.3 Å². The number of carbonyl (C=O) groups excluding carboxylic acids is 1. The summed E-state index contributed by atoms with van der Waals surface area (Å²) < 4.78 is 5.38. The van der Waals surface area contributed by atoms with Crippen LogP contribution in [0.2, 0.25) is 0 Å². The zero-order chi connectivity index (χ0) is 17.5. The molecule has 0 spiro atoms. The highest BCUT2D eigenvalue weighted by molar-refractivity contribution is 7.16. The van der Waals surface area contributed by atoms with Gasteiger partial charge in [-0.2, -0.15) is 0 Å². The molecule has 128 valence electrons. The molecule has 0 saturated heterocycles. The van der Waals surface area contributed by atoms with Crippen LogP contribution in [0.25, 0.3) is 0 Å². The van der Waals surface area contributed by atoms with E-state index in [0.29, 0.717) is 18.0 Å². The normalized spacial score (nSPS) is 10.6. The fourth-order valence-electron chi connectivity index (χ4n) is 2.48. The Balaban J connectivity index is 1.87. The van der Waals surface area contributed by atoms with Crippen LogP contribution in [0, 0.1) is 6.92 Å². The van der Waals surface area contributed by atoms with Crippen LogP contribution in [0.1, 0.15) is 33.3 Å². The van der Waals surface area contributed by atoms with E-state index in [0.717, 1.165) is 22.4 Å². The van der Waals surface area contributed by atoms with Gasteiger partial charge >= 0.3 is 5.97 Å². The van der Waals surface area contributed by atoms with Crippen LogP contribution in [0.3, 0.4) is 0 Å². The maximum absolute atomic E-state index is 12.0. The summed E-state index contributed by atoms with van der Waals surface area (Å²) >= 11 is 1.29. The molecule has 2 aromatic rings. The van der Waals surface area contributed by atoms with Gasteiger partial charge in [0.1, 0.15) is 11.6 Å². The maximum atomic E-state index is 12.0. The minimum atomic E-state index is -1.02. The number of hydrogen-bond acceptors (Lipinski definition) is 4. The number of benzene rings is 1. The zero-order valence-corrected chi connectivity index (χ0v) is 14.6. The van der Waals surface area contributed by atoms with Gasteiger partial charge in [0.15, 0.2) is 0 Å². The van der Waals surface area contributed by atoms with Gasteiger partial charge in [0, 0.05) is 4.88 Å². The highest BCUT2D eigenvalue weighted by Gasteiger charge is 2.21. The summed E-state index contributed by atoms with van der Waals surface area (Å²) in [6, 6.07) is 9.87. The van der Waals surface area contributed by atoms with Crippen LogP contribution in [0.5, 0.6) is 0 Å². The number of carboxylic acids is 1. The summed E-state index contributed by atoms with van der Waals surface area (Å²) in [6.45, 7) is 4.11. The van der Waals surface area contributed by atoms with Gasteiger partial charge in [-0.05, 0) is 30.9 Å². The summed E-state index contributed by atoms with van der Waals surface area (Å²) in [5, 5.41) is 12.4. The van der Waals surface area contributed by atoms with Gasteiger partial charge in [0.05, 0.1) is 12.2 Å². The Kier molecular flexibility index (Phi) is 6.52. The molecule has 0 fully saturated rings. The third-order valence-corrected chi connectivity index (χ3v) is 4.70. The molecular weight excluding hydrogens is 326 g/mol. The smallest absolute Gasteiger partial charge is 0.339 e. The molecule has 1 aromatic carbocycles. The highest BCUT2D eigenvalue weighted by Crippen LogP contribution is 2.33. The number of aromatic carboxylic acids is 1. The first kappa shape index (κ1) is 18.2. The molecule has 0 bridgehead atoms. The number of anilines is 1. The van der Waals surface area contributed by atoms with Crippen LogP contribution in [-0.2, 0) is 22.4 Å². The second-order valence-corrected chi connectivity index (χ2v) is 6.56.